The molecule has 94 valence electrons. The van der Waals surface area contributed by atoms with Gasteiger partial charge in [-0.25, -0.2) is 0 Å². The SMILES string of the molecule is Cc1ccc(CN(C)C2CC3CCC(C2)N3)s1. The monoisotopic (exact) mass is 250 g/mol. The van der Waals surface area contributed by atoms with Crippen LogP contribution in [0.2, 0.25) is 0 Å². The number of rotatable bonds is 3. The lowest BCUT2D eigenvalue weighted by molar-refractivity contribution is 0.167. The quantitative estimate of drug-likeness (QED) is 0.887. The summed E-state index contributed by atoms with van der Waals surface area (Å²) in [6.45, 7) is 3.32. The van der Waals surface area contributed by atoms with Crippen molar-refractivity contribution in [2.24, 2.45) is 0 Å². The van der Waals surface area contributed by atoms with Crippen LogP contribution in [-0.4, -0.2) is 30.1 Å². The van der Waals surface area contributed by atoms with E-state index in [1.54, 1.807) is 0 Å². The Bertz CT molecular complexity index is 375. The molecule has 2 bridgehead atoms. The third-order valence-corrected chi connectivity index (χ3v) is 5.26. The molecule has 0 aliphatic carbocycles. The third kappa shape index (κ3) is 2.56. The summed E-state index contributed by atoms with van der Waals surface area (Å²) in [5.41, 5.74) is 0. The van der Waals surface area contributed by atoms with Crippen molar-refractivity contribution < 1.29 is 0 Å². The van der Waals surface area contributed by atoms with Crippen LogP contribution < -0.4 is 5.32 Å². The van der Waals surface area contributed by atoms with Gasteiger partial charge in [-0.05, 0) is 51.8 Å². The number of piperidine rings is 1. The minimum absolute atomic E-state index is 0.788. The predicted molar refractivity (Wildman–Crippen MR) is 73.5 cm³/mol. The molecule has 0 radical (unpaired) electrons. The van der Waals surface area contributed by atoms with E-state index in [4.69, 9.17) is 0 Å². The molecule has 2 unspecified atom stereocenters. The number of nitrogens with one attached hydrogen (secondary N) is 1. The van der Waals surface area contributed by atoms with Gasteiger partial charge in [0.05, 0.1) is 0 Å². The lowest BCUT2D eigenvalue weighted by Gasteiger charge is -2.35. The number of nitrogens with zero attached hydrogens (tertiary/aromatic N) is 1. The van der Waals surface area contributed by atoms with Gasteiger partial charge in [0.15, 0.2) is 0 Å². The number of hydrogen-bond acceptors (Lipinski definition) is 3. The highest BCUT2D eigenvalue weighted by Gasteiger charge is 2.34. The Morgan fingerprint density at radius 1 is 1.29 bits per heavy atom. The van der Waals surface area contributed by atoms with Crippen molar-refractivity contribution >= 4 is 11.3 Å². The highest BCUT2D eigenvalue weighted by molar-refractivity contribution is 7.11. The van der Waals surface area contributed by atoms with Gasteiger partial charge in [-0.15, -0.1) is 11.3 Å². The van der Waals surface area contributed by atoms with Crippen molar-refractivity contribution in [3.8, 4) is 0 Å². The summed E-state index contributed by atoms with van der Waals surface area (Å²) in [6.07, 6.45) is 5.48. The Kier molecular flexibility index (Phi) is 3.24. The van der Waals surface area contributed by atoms with Gasteiger partial charge in [0, 0.05) is 34.4 Å². The summed E-state index contributed by atoms with van der Waals surface area (Å²) in [5.74, 6) is 0. The molecule has 0 amide bonds. The van der Waals surface area contributed by atoms with E-state index in [1.807, 2.05) is 11.3 Å². The smallest absolute Gasteiger partial charge is 0.0327 e. The molecule has 2 aliphatic heterocycles. The van der Waals surface area contributed by atoms with Crippen LogP contribution in [0.15, 0.2) is 12.1 Å². The highest BCUT2D eigenvalue weighted by atomic mass is 32.1. The second kappa shape index (κ2) is 4.71. The van der Waals surface area contributed by atoms with Crippen molar-refractivity contribution in [3.05, 3.63) is 21.9 Å². The van der Waals surface area contributed by atoms with Crippen molar-refractivity contribution in [2.45, 2.75) is 57.3 Å². The molecular weight excluding hydrogens is 228 g/mol. The van der Waals surface area contributed by atoms with Gasteiger partial charge in [-0.2, -0.15) is 0 Å². The standard InChI is InChI=1S/C14H22N2S/c1-10-3-6-14(17-10)9-16(2)13-7-11-4-5-12(8-13)15-11/h3,6,11-13,15H,4-5,7-9H2,1-2H3. The first-order valence-electron chi connectivity index (χ1n) is 6.72. The second-order valence-corrected chi connectivity index (χ2v) is 7.06. The molecule has 0 aromatic carbocycles. The molecule has 2 fully saturated rings. The van der Waals surface area contributed by atoms with Crippen molar-refractivity contribution in [2.75, 3.05) is 7.05 Å². The molecule has 2 aliphatic rings. The molecule has 1 aromatic rings. The van der Waals surface area contributed by atoms with Crippen LogP contribution >= 0.6 is 11.3 Å². The van der Waals surface area contributed by atoms with E-state index in [-0.39, 0.29) is 0 Å². The van der Waals surface area contributed by atoms with Crippen LogP contribution in [0.1, 0.15) is 35.4 Å². The Morgan fingerprint density at radius 2 is 2.00 bits per heavy atom. The average Bonchev–Trinajstić information content (AvgIpc) is 2.85. The van der Waals surface area contributed by atoms with E-state index < -0.39 is 0 Å². The molecule has 17 heavy (non-hydrogen) atoms. The second-order valence-electron chi connectivity index (χ2n) is 5.69. The fourth-order valence-corrected chi connectivity index (χ4v) is 4.29. The first-order valence-corrected chi connectivity index (χ1v) is 7.54. The zero-order valence-corrected chi connectivity index (χ0v) is 11.6. The highest BCUT2D eigenvalue weighted by Crippen LogP contribution is 2.30. The zero-order chi connectivity index (χ0) is 11.8. The lowest BCUT2D eigenvalue weighted by Crippen LogP contribution is -2.46. The van der Waals surface area contributed by atoms with Gasteiger partial charge >= 0.3 is 0 Å². The molecule has 0 saturated carbocycles. The largest absolute Gasteiger partial charge is 0.311 e. The maximum Gasteiger partial charge on any atom is 0.0327 e. The van der Waals surface area contributed by atoms with Gasteiger partial charge in [0.2, 0.25) is 0 Å². The third-order valence-electron chi connectivity index (χ3n) is 4.27. The van der Waals surface area contributed by atoms with E-state index in [9.17, 15) is 0 Å². The van der Waals surface area contributed by atoms with Crippen LogP contribution in [0.4, 0.5) is 0 Å². The Morgan fingerprint density at radius 3 is 2.59 bits per heavy atom. The van der Waals surface area contributed by atoms with Gasteiger partial charge in [-0.3, -0.25) is 4.90 Å². The summed E-state index contributed by atoms with van der Waals surface area (Å²) in [4.78, 5) is 5.51. The minimum atomic E-state index is 0.788. The van der Waals surface area contributed by atoms with Crippen molar-refractivity contribution in [1.29, 1.82) is 0 Å². The van der Waals surface area contributed by atoms with Crippen molar-refractivity contribution in [1.82, 2.24) is 10.2 Å². The van der Waals surface area contributed by atoms with Gasteiger partial charge in [-0.1, -0.05) is 0 Å². The van der Waals surface area contributed by atoms with Gasteiger partial charge in [0.1, 0.15) is 0 Å². The number of aryl methyl sites for hydroxylation is 1. The molecule has 2 nitrogen and oxygen atoms in total. The zero-order valence-electron chi connectivity index (χ0n) is 10.8. The van der Waals surface area contributed by atoms with Crippen LogP contribution in [0, 0.1) is 6.92 Å². The fourth-order valence-electron chi connectivity index (χ4n) is 3.33. The van der Waals surface area contributed by atoms with E-state index in [0.717, 1.165) is 24.7 Å². The normalized spacial score (nSPS) is 32.3. The molecule has 1 N–H and O–H groups in total. The number of hydrogen-bond donors (Lipinski definition) is 1. The molecule has 1 aromatic heterocycles. The molecule has 2 saturated heterocycles. The molecule has 0 spiro atoms. The minimum Gasteiger partial charge on any atom is -0.311 e. The summed E-state index contributed by atoms with van der Waals surface area (Å²) >= 11 is 1.94. The molecule has 3 rings (SSSR count). The summed E-state index contributed by atoms with van der Waals surface area (Å²) < 4.78 is 0. The molecule has 3 heterocycles. The lowest BCUT2D eigenvalue weighted by atomic mass is 9.98. The Hall–Kier alpha value is -0.380. The average molecular weight is 250 g/mol. The summed E-state index contributed by atoms with van der Waals surface area (Å²) in [5, 5.41) is 3.72. The number of thiophene rings is 1. The van der Waals surface area contributed by atoms with Crippen LogP contribution in [0.3, 0.4) is 0 Å². The van der Waals surface area contributed by atoms with Crippen LogP contribution in [-0.2, 0) is 6.54 Å². The fraction of sp³-hybridized carbons (Fsp3) is 0.714. The summed E-state index contributed by atoms with van der Waals surface area (Å²) in [7, 11) is 2.30. The maximum absolute atomic E-state index is 3.72. The maximum atomic E-state index is 3.72. The van der Waals surface area contributed by atoms with Crippen LogP contribution in [0.25, 0.3) is 0 Å². The molecular formula is C14H22N2S. The van der Waals surface area contributed by atoms with Gasteiger partial charge < -0.3 is 5.32 Å². The van der Waals surface area contributed by atoms with Crippen molar-refractivity contribution in [3.63, 3.8) is 0 Å². The Balaban J connectivity index is 1.60. The topological polar surface area (TPSA) is 15.3 Å². The summed E-state index contributed by atoms with van der Waals surface area (Å²) in [6, 6.07) is 6.90. The Labute approximate surface area is 108 Å². The molecule has 2 atom stereocenters. The van der Waals surface area contributed by atoms with E-state index in [1.165, 1.54) is 35.4 Å². The van der Waals surface area contributed by atoms with Gasteiger partial charge in [0.25, 0.3) is 0 Å². The van der Waals surface area contributed by atoms with E-state index in [2.05, 4.69) is 36.3 Å². The van der Waals surface area contributed by atoms with E-state index in [0.29, 0.717) is 0 Å². The first-order chi connectivity index (χ1) is 8.20. The first kappa shape index (κ1) is 11.7. The number of fused-ring (bicyclic) bond motifs is 2. The predicted octanol–water partition coefficient (Wildman–Crippen LogP) is 2.77. The molecule has 3 heteroatoms. The van der Waals surface area contributed by atoms with Crippen LogP contribution in [0.5, 0.6) is 0 Å². The van der Waals surface area contributed by atoms with E-state index >= 15 is 0 Å².